The molecule has 2 aromatic heterocycles. The molecular formula is C20H22N4O2. The Hall–Kier alpha value is -2.86. The molecule has 1 aliphatic rings. The summed E-state index contributed by atoms with van der Waals surface area (Å²) in [5, 5.41) is 13.8. The number of piperidine rings is 1. The molecule has 0 saturated carbocycles. The van der Waals surface area contributed by atoms with Crippen LogP contribution in [0.2, 0.25) is 0 Å². The Balaban J connectivity index is 1.52. The second-order valence-electron chi connectivity index (χ2n) is 6.78. The van der Waals surface area contributed by atoms with Crippen LogP contribution in [0.1, 0.15) is 23.2 Å². The van der Waals surface area contributed by atoms with Crippen LogP contribution in [0, 0.1) is 0 Å². The average Bonchev–Trinajstić information content (AvgIpc) is 3.02. The Kier molecular flexibility index (Phi) is 4.34. The largest absolute Gasteiger partial charge is 0.391 e. The van der Waals surface area contributed by atoms with Gasteiger partial charge in [-0.05, 0) is 49.2 Å². The number of nitrogens with one attached hydrogen (secondary N) is 1. The van der Waals surface area contributed by atoms with E-state index in [0.717, 1.165) is 36.1 Å². The minimum absolute atomic E-state index is 0.181. The molecule has 1 amide bonds. The fourth-order valence-electron chi connectivity index (χ4n) is 3.44. The fourth-order valence-corrected chi connectivity index (χ4v) is 3.44. The summed E-state index contributed by atoms with van der Waals surface area (Å²) in [5.41, 5.74) is 1.69. The molecule has 2 N–H and O–H groups in total. The van der Waals surface area contributed by atoms with E-state index in [1.165, 1.54) is 0 Å². The van der Waals surface area contributed by atoms with Crippen molar-refractivity contribution in [2.75, 3.05) is 23.3 Å². The van der Waals surface area contributed by atoms with Gasteiger partial charge >= 0.3 is 0 Å². The van der Waals surface area contributed by atoms with Crippen molar-refractivity contribution in [2.24, 2.45) is 7.05 Å². The lowest BCUT2D eigenvalue weighted by Gasteiger charge is -2.31. The van der Waals surface area contributed by atoms with Crippen LogP contribution in [0.3, 0.4) is 0 Å². The van der Waals surface area contributed by atoms with Crippen molar-refractivity contribution in [1.29, 1.82) is 0 Å². The highest BCUT2D eigenvalue weighted by Gasteiger charge is 2.19. The van der Waals surface area contributed by atoms with E-state index in [0.29, 0.717) is 17.9 Å². The Morgan fingerprint density at radius 3 is 3.00 bits per heavy atom. The predicted molar refractivity (Wildman–Crippen MR) is 103 cm³/mol. The summed E-state index contributed by atoms with van der Waals surface area (Å²) >= 11 is 0. The minimum Gasteiger partial charge on any atom is -0.391 e. The molecule has 1 saturated heterocycles. The molecule has 0 bridgehead atoms. The van der Waals surface area contributed by atoms with E-state index in [1.54, 1.807) is 6.07 Å². The molecule has 4 rings (SSSR count). The first-order valence-corrected chi connectivity index (χ1v) is 8.87. The highest BCUT2D eigenvalue weighted by molar-refractivity contribution is 6.05. The highest BCUT2D eigenvalue weighted by Crippen LogP contribution is 2.21. The molecule has 1 aliphatic heterocycles. The molecule has 6 heteroatoms. The highest BCUT2D eigenvalue weighted by atomic mass is 16.3. The molecule has 26 heavy (non-hydrogen) atoms. The predicted octanol–water partition coefficient (Wildman–Crippen LogP) is 2.79. The van der Waals surface area contributed by atoms with Crippen molar-refractivity contribution in [2.45, 2.75) is 18.9 Å². The number of nitrogens with zero attached hydrogens (tertiary/aromatic N) is 3. The molecule has 0 spiro atoms. The summed E-state index contributed by atoms with van der Waals surface area (Å²) in [7, 11) is 1.98. The molecule has 1 aromatic carbocycles. The van der Waals surface area contributed by atoms with E-state index in [2.05, 4.69) is 15.2 Å². The number of carbonyl (C=O) groups is 1. The van der Waals surface area contributed by atoms with Crippen LogP contribution in [0.4, 0.5) is 11.6 Å². The third kappa shape index (κ3) is 3.28. The number of rotatable bonds is 3. The summed E-state index contributed by atoms with van der Waals surface area (Å²) in [5.74, 6) is 1.11. The molecular weight excluding hydrogens is 328 g/mol. The molecule has 3 aromatic rings. The first-order chi connectivity index (χ1) is 12.6. The second-order valence-corrected chi connectivity index (χ2v) is 6.78. The van der Waals surface area contributed by atoms with E-state index in [-0.39, 0.29) is 12.0 Å². The second kappa shape index (κ2) is 6.80. The Morgan fingerprint density at radius 2 is 2.15 bits per heavy atom. The minimum atomic E-state index is -0.318. The van der Waals surface area contributed by atoms with Gasteiger partial charge < -0.3 is 19.9 Å². The van der Waals surface area contributed by atoms with Crippen LogP contribution >= 0.6 is 0 Å². The number of aromatic nitrogens is 2. The van der Waals surface area contributed by atoms with Crippen molar-refractivity contribution < 1.29 is 9.90 Å². The summed E-state index contributed by atoms with van der Waals surface area (Å²) in [6, 6.07) is 13.2. The Morgan fingerprint density at radius 1 is 1.27 bits per heavy atom. The number of fused-ring (bicyclic) bond motifs is 1. The monoisotopic (exact) mass is 350 g/mol. The molecule has 1 unspecified atom stereocenters. The van der Waals surface area contributed by atoms with Gasteiger partial charge in [-0.3, -0.25) is 4.79 Å². The lowest BCUT2D eigenvalue weighted by molar-refractivity contribution is 0.102. The maximum Gasteiger partial charge on any atom is 0.256 e. The Labute approximate surface area is 152 Å². The van der Waals surface area contributed by atoms with Crippen molar-refractivity contribution in [3.63, 3.8) is 0 Å². The number of aryl methyl sites for hydroxylation is 1. The average molecular weight is 350 g/mol. The molecule has 1 fully saturated rings. The zero-order chi connectivity index (χ0) is 18.1. The smallest absolute Gasteiger partial charge is 0.256 e. The lowest BCUT2D eigenvalue weighted by atomic mass is 10.1. The van der Waals surface area contributed by atoms with E-state index in [9.17, 15) is 9.90 Å². The molecule has 1 atom stereocenters. The lowest BCUT2D eigenvalue weighted by Crippen LogP contribution is -2.38. The number of aliphatic hydroxyl groups is 1. The first kappa shape index (κ1) is 16.6. The van der Waals surface area contributed by atoms with Crippen LogP contribution in [-0.4, -0.2) is 39.8 Å². The van der Waals surface area contributed by atoms with E-state index in [1.807, 2.05) is 54.2 Å². The summed E-state index contributed by atoms with van der Waals surface area (Å²) in [4.78, 5) is 19.2. The van der Waals surface area contributed by atoms with Crippen molar-refractivity contribution >= 4 is 28.4 Å². The number of hydrogen-bond donors (Lipinski definition) is 2. The van der Waals surface area contributed by atoms with Gasteiger partial charge in [0.25, 0.3) is 5.91 Å². The van der Waals surface area contributed by atoms with Gasteiger partial charge in [0.1, 0.15) is 11.6 Å². The summed E-state index contributed by atoms with van der Waals surface area (Å²) in [6.45, 7) is 1.45. The normalized spacial score (nSPS) is 17.5. The van der Waals surface area contributed by atoms with Crippen molar-refractivity contribution in [3.05, 3.63) is 54.2 Å². The molecule has 0 aliphatic carbocycles. The van der Waals surface area contributed by atoms with Gasteiger partial charge in [-0.15, -0.1) is 0 Å². The summed E-state index contributed by atoms with van der Waals surface area (Å²) in [6.07, 6.45) is 3.43. The topological polar surface area (TPSA) is 70.4 Å². The van der Waals surface area contributed by atoms with E-state index >= 15 is 0 Å². The number of β-amino-alcohol motifs (C(OH)–C–C–N with tert-alkyl or cyclic N) is 1. The zero-order valence-electron chi connectivity index (χ0n) is 14.7. The number of hydrogen-bond acceptors (Lipinski definition) is 4. The van der Waals surface area contributed by atoms with E-state index < -0.39 is 0 Å². The molecule has 0 radical (unpaired) electrons. The standard InChI is InChI=1S/C20H22N4O2/c1-23-11-9-14-12-15(7-8-17(14)23)20(26)22-18-5-2-6-19(21-18)24-10-3-4-16(25)13-24/h2,5-9,11-12,16,25H,3-4,10,13H2,1H3,(H,21,22,26). The third-order valence-corrected chi connectivity index (χ3v) is 4.84. The van der Waals surface area contributed by atoms with Crippen molar-refractivity contribution in [3.8, 4) is 0 Å². The van der Waals surface area contributed by atoms with Crippen LogP contribution in [0.25, 0.3) is 10.9 Å². The quantitative estimate of drug-likeness (QED) is 0.762. The Bertz CT molecular complexity index is 950. The molecule has 134 valence electrons. The van der Waals surface area contributed by atoms with E-state index in [4.69, 9.17) is 0 Å². The third-order valence-electron chi connectivity index (χ3n) is 4.84. The van der Waals surface area contributed by atoms with Gasteiger partial charge in [0.2, 0.25) is 0 Å². The van der Waals surface area contributed by atoms with Gasteiger partial charge in [-0.1, -0.05) is 6.07 Å². The maximum atomic E-state index is 12.6. The maximum absolute atomic E-state index is 12.6. The number of aliphatic hydroxyl groups excluding tert-OH is 1. The van der Waals surface area contributed by atoms with Gasteiger partial charge in [0, 0.05) is 42.8 Å². The SMILES string of the molecule is Cn1ccc2cc(C(=O)Nc3cccc(N4CCCC(O)C4)n3)ccc21. The van der Waals surface area contributed by atoms with Crippen LogP contribution in [0.15, 0.2) is 48.7 Å². The number of carbonyl (C=O) groups excluding carboxylic acids is 1. The van der Waals surface area contributed by atoms with Gasteiger partial charge in [-0.25, -0.2) is 4.98 Å². The van der Waals surface area contributed by atoms with Gasteiger partial charge in [0.05, 0.1) is 6.10 Å². The van der Waals surface area contributed by atoms with Gasteiger partial charge in [-0.2, -0.15) is 0 Å². The van der Waals surface area contributed by atoms with Crippen LogP contribution in [-0.2, 0) is 7.05 Å². The number of amides is 1. The first-order valence-electron chi connectivity index (χ1n) is 8.87. The molecule has 3 heterocycles. The van der Waals surface area contributed by atoms with Crippen LogP contribution < -0.4 is 10.2 Å². The number of benzene rings is 1. The zero-order valence-corrected chi connectivity index (χ0v) is 14.7. The summed E-state index contributed by atoms with van der Waals surface area (Å²) < 4.78 is 2.02. The van der Waals surface area contributed by atoms with Gasteiger partial charge in [0.15, 0.2) is 0 Å². The fraction of sp³-hybridized carbons (Fsp3) is 0.300. The van der Waals surface area contributed by atoms with Crippen molar-refractivity contribution in [1.82, 2.24) is 9.55 Å². The number of pyridine rings is 1. The molecule has 6 nitrogen and oxygen atoms in total. The van der Waals surface area contributed by atoms with Crippen LogP contribution in [0.5, 0.6) is 0 Å². The number of anilines is 2.